The molecule has 1 heterocycles. The summed E-state index contributed by atoms with van der Waals surface area (Å²) in [5.74, 6) is -1.12. The molecule has 7 heteroatoms. The van der Waals surface area contributed by atoms with Crippen LogP contribution in [0.15, 0.2) is 0 Å². The monoisotopic (exact) mass is 258 g/mol. The highest BCUT2D eigenvalue weighted by molar-refractivity contribution is 7.19. The first kappa shape index (κ1) is 13.3. The number of carbonyl (C=O) groups is 2. The van der Waals surface area contributed by atoms with E-state index in [9.17, 15) is 9.59 Å². The maximum absolute atomic E-state index is 11.6. The van der Waals surface area contributed by atoms with E-state index in [1.54, 1.807) is 14.0 Å². The van der Waals surface area contributed by atoms with E-state index in [-0.39, 0.29) is 22.7 Å². The summed E-state index contributed by atoms with van der Waals surface area (Å²) in [4.78, 5) is 23.3. The lowest BCUT2D eigenvalue weighted by molar-refractivity contribution is 0.0533. The number of nitrogens with one attached hydrogen (secondary N) is 1. The molecule has 1 aromatic heterocycles. The van der Waals surface area contributed by atoms with E-state index >= 15 is 0 Å². The van der Waals surface area contributed by atoms with Crippen molar-refractivity contribution in [1.29, 1.82) is 0 Å². The van der Waals surface area contributed by atoms with Gasteiger partial charge in [0, 0.05) is 7.05 Å². The minimum absolute atomic E-state index is 0.0876. The van der Waals surface area contributed by atoms with E-state index in [2.05, 4.69) is 10.1 Å². The van der Waals surface area contributed by atoms with Gasteiger partial charge >= 0.3 is 11.9 Å². The number of esters is 2. The summed E-state index contributed by atoms with van der Waals surface area (Å²) in [6.07, 6.45) is 0. The maximum Gasteiger partial charge on any atom is 0.350 e. The Labute approximate surface area is 103 Å². The van der Waals surface area contributed by atoms with Crippen LogP contribution in [0.4, 0.5) is 10.7 Å². The normalized spacial score (nSPS) is 9.82. The standard InChI is InChI=1S/C10H14N2O4S/c1-4-16-10(14)7-6(11)5(9(13)15-3)8(12-2)17-7/h12H,4,11H2,1-3H3. The van der Waals surface area contributed by atoms with Crippen molar-refractivity contribution >= 4 is 34.0 Å². The highest BCUT2D eigenvalue weighted by Crippen LogP contribution is 2.36. The van der Waals surface area contributed by atoms with Crippen LogP contribution in [0.5, 0.6) is 0 Å². The molecular formula is C10H14N2O4S. The maximum atomic E-state index is 11.6. The number of carbonyl (C=O) groups excluding carboxylic acids is 2. The molecule has 94 valence electrons. The van der Waals surface area contributed by atoms with Gasteiger partial charge in [0.25, 0.3) is 0 Å². The molecule has 0 atom stereocenters. The zero-order valence-corrected chi connectivity index (χ0v) is 10.6. The number of rotatable bonds is 4. The number of anilines is 2. The molecule has 0 aliphatic heterocycles. The van der Waals surface area contributed by atoms with E-state index in [0.717, 1.165) is 11.3 Å². The second-order valence-electron chi connectivity index (χ2n) is 3.01. The minimum Gasteiger partial charge on any atom is -0.465 e. The number of nitrogen functional groups attached to an aromatic ring is 1. The van der Waals surface area contributed by atoms with Gasteiger partial charge in [-0.25, -0.2) is 9.59 Å². The van der Waals surface area contributed by atoms with Crippen molar-refractivity contribution < 1.29 is 19.1 Å². The molecule has 1 rings (SSSR count). The second kappa shape index (κ2) is 5.53. The molecule has 0 aromatic carbocycles. The molecule has 0 spiro atoms. The van der Waals surface area contributed by atoms with Crippen molar-refractivity contribution in [1.82, 2.24) is 0 Å². The molecule has 0 fully saturated rings. The summed E-state index contributed by atoms with van der Waals surface area (Å²) in [6, 6.07) is 0. The van der Waals surface area contributed by atoms with Gasteiger partial charge in [-0.1, -0.05) is 0 Å². The Bertz CT molecular complexity index is 442. The SMILES string of the molecule is CCOC(=O)c1sc(NC)c(C(=O)OC)c1N. The van der Waals surface area contributed by atoms with Crippen molar-refractivity contribution in [3.05, 3.63) is 10.4 Å². The van der Waals surface area contributed by atoms with Crippen molar-refractivity contribution in [3.63, 3.8) is 0 Å². The average Bonchev–Trinajstić information content (AvgIpc) is 2.65. The Kier molecular flexibility index (Phi) is 4.33. The smallest absolute Gasteiger partial charge is 0.350 e. The Morgan fingerprint density at radius 2 is 2.06 bits per heavy atom. The summed E-state index contributed by atoms with van der Waals surface area (Å²) in [5, 5.41) is 3.28. The molecular weight excluding hydrogens is 244 g/mol. The predicted octanol–water partition coefficient (Wildman–Crippen LogP) is 1.34. The van der Waals surface area contributed by atoms with E-state index in [4.69, 9.17) is 10.5 Å². The quantitative estimate of drug-likeness (QED) is 0.792. The lowest BCUT2D eigenvalue weighted by Gasteiger charge is -2.02. The van der Waals surface area contributed by atoms with E-state index in [1.165, 1.54) is 7.11 Å². The fourth-order valence-corrected chi connectivity index (χ4v) is 2.23. The molecule has 17 heavy (non-hydrogen) atoms. The molecule has 0 saturated carbocycles. The molecule has 0 aliphatic carbocycles. The zero-order chi connectivity index (χ0) is 13.0. The molecule has 3 N–H and O–H groups in total. The van der Waals surface area contributed by atoms with Gasteiger partial charge in [-0.3, -0.25) is 0 Å². The van der Waals surface area contributed by atoms with Gasteiger partial charge in [0.15, 0.2) is 0 Å². The first-order valence-corrected chi connectivity index (χ1v) is 5.73. The van der Waals surface area contributed by atoms with Crippen LogP contribution in [-0.2, 0) is 9.47 Å². The fraction of sp³-hybridized carbons (Fsp3) is 0.400. The largest absolute Gasteiger partial charge is 0.465 e. The van der Waals surface area contributed by atoms with Crippen LogP contribution in [0.3, 0.4) is 0 Å². The van der Waals surface area contributed by atoms with Crippen molar-refractivity contribution in [2.24, 2.45) is 0 Å². The summed E-state index contributed by atoms with van der Waals surface area (Å²) >= 11 is 1.07. The first-order chi connectivity index (χ1) is 8.06. The van der Waals surface area contributed by atoms with Gasteiger partial charge in [0.1, 0.15) is 15.4 Å². The lowest BCUT2D eigenvalue weighted by Crippen LogP contribution is -2.09. The van der Waals surface area contributed by atoms with Crippen LogP contribution < -0.4 is 11.1 Å². The summed E-state index contributed by atoms with van der Waals surface area (Å²) < 4.78 is 9.45. The lowest BCUT2D eigenvalue weighted by atomic mass is 10.2. The van der Waals surface area contributed by atoms with Crippen molar-refractivity contribution in [2.45, 2.75) is 6.92 Å². The van der Waals surface area contributed by atoms with Gasteiger partial charge in [-0.05, 0) is 6.92 Å². The van der Waals surface area contributed by atoms with Crippen molar-refractivity contribution in [2.75, 3.05) is 31.8 Å². The molecule has 6 nitrogen and oxygen atoms in total. The molecule has 1 aromatic rings. The third kappa shape index (κ3) is 2.50. The van der Waals surface area contributed by atoms with E-state index < -0.39 is 11.9 Å². The number of thiophene rings is 1. The molecule has 0 amide bonds. The Morgan fingerprint density at radius 1 is 1.41 bits per heavy atom. The Balaban J connectivity index is 3.23. The Morgan fingerprint density at radius 3 is 2.53 bits per heavy atom. The molecule has 0 radical (unpaired) electrons. The van der Waals surface area contributed by atoms with Crippen LogP contribution in [0.2, 0.25) is 0 Å². The minimum atomic E-state index is -0.585. The number of hydrogen-bond donors (Lipinski definition) is 2. The van der Waals surface area contributed by atoms with Crippen LogP contribution >= 0.6 is 11.3 Å². The van der Waals surface area contributed by atoms with E-state index in [0.29, 0.717) is 5.00 Å². The third-order valence-corrected chi connectivity index (χ3v) is 3.23. The zero-order valence-electron chi connectivity index (χ0n) is 9.83. The summed E-state index contributed by atoms with van der Waals surface area (Å²) in [5.41, 5.74) is 6.01. The number of nitrogens with two attached hydrogens (primary N) is 1. The first-order valence-electron chi connectivity index (χ1n) is 4.92. The van der Waals surface area contributed by atoms with Crippen molar-refractivity contribution in [3.8, 4) is 0 Å². The van der Waals surface area contributed by atoms with Crippen LogP contribution in [-0.4, -0.2) is 32.7 Å². The fourth-order valence-electron chi connectivity index (χ4n) is 1.27. The van der Waals surface area contributed by atoms with Crippen LogP contribution in [0, 0.1) is 0 Å². The molecule has 0 aliphatic rings. The summed E-state index contributed by atoms with van der Waals surface area (Å²) in [7, 11) is 2.88. The second-order valence-corrected chi connectivity index (χ2v) is 4.03. The van der Waals surface area contributed by atoms with Gasteiger partial charge < -0.3 is 20.5 Å². The molecule has 0 unspecified atom stereocenters. The van der Waals surface area contributed by atoms with Gasteiger partial charge in [-0.15, -0.1) is 11.3 Å². The molecule has 0 bridgehead atoms. The van der Waals surface area contributed by atoms with E-state index in [1.807, 2.05) is 0 Å². The Hall–Kier alpha value is -1.76. The number of hydrogen-bond acceptors (Lipinski definition) is 7. The van der Waals surface area contributed by atoms with Gasteiger partial charge in [0.2, 0.25) is 0 Å². The number of methoxy groups -OCH3 is 1. The predicted molar refractivity (Wildman–Crippen MR) is 65.6 cm³/mol. The van der Waals surface area contributed by atoms with Gasteiger partial charge in [-0.2, -0.15) is 0 Å². The topological polar surface area (TPSA) is 90.6 Å². The highest BCUT2D eigenvalue weighted by Gasteiger charge is 2.26. The average molecular weight is 258 g/mol. The number of ether oxygens (including phenoxy) is 2. The molecule has 0 saturated heterocycles. The third-order valence-electron chi connectivity index (χ3n) is 2.02. The van der Waals surface area contributed by atoms with Crippen LogP contribution in [0.25, 0.3) is 0 Å². The van der Waals surface area contributed by atoms with Crippen LogP contribution in [0.1, 0.15) is 27.0 Å². The highest BCUT2D eigenvalue weighted by atomic mass is 32.1. The summed E-state index contributed by atoms with van der Waals surface area (Å²) in [6.45, 7) is 1.94. The van der Waals surface area contributed by atoms with Gasteiger partial charge in [0.05, 0.1) is 19.4 Å².